The molecule has 0 aliphatic heterocycles. The van der Waals surface area contributed by atoms with E-state index in [2.05, 4.69) is 10.1 Å². The highest BCUT2D eigenvalue weighted by atomic mass is 16.6. The van der Waals surface area contributed by atoms with E-state index in [0.29, 0.717) is 17.0 Å². The average molecular weight is 378 g/mol. The van der Waals surface area contributed by atoms with Crippen molar-refractivity contribution in [3.05, 3.63) is 64.2 Å². The molecule has 28 heavy (non-hydrogen) atoms. The van der Waals surface area contributed by atoms with Crippen LogP contribution < -0.4 is 10.1 Å². The first-order chi connectivity index (χ1) is 13.3. The van der Waals surface area contributed by atoms with Crippen molar-refractivity contribution in [2.75, 3.05) is 19.0 Å². The molecule has 0 saturated carbocycles. The number of esters is 1. The van der Waals surface area contributed by atoms with E-state index >= 15 is 0 Å². The number of aryl methyl sites for hydroxylation is 3. The van der Waals surface area contributed by atoms with Crippen molar-refractivity contribution in [2.45, 2.75) is 20.8 Å². The first kappa shape index (κ1) is 20.7. The van der Waals surface area contributed by atoms with Crippen molar-refractivity contribution in [1.82, 2.24) is 0 Å². The monoisotopic (exact) mass is 378 g/mol. The van der Waals surface area contributed by atoms with E-state index in [9.17, 15) is 14.9 Å². The largest absolute Gasteiger partial charge is 0.481 e. The number of carbonyl (C=O) groups excluding carboxylic acids is 2. The minimum Gasteiger partial charge on any atom is -0.481 e. The SMILES string of the molecule is COC(=O)COc1c(C)cc(C=C(C#N)C(=O)Nc2ccc(C)cc2)cc1C. The van der Waals surface area contributed by atoms with Crippen LogP contribution in [0, 0.1) is 32.1 Å². The Hall–Kier alpha value is -3.59. The first-order valence-electron chi connectivity index (χ1n) is 8.64. The molecular weight excluding hydrogens is 356 g/mol. The number of carbonyl (C=O) groups is 2. The summed E-state index contributed by atoms with van der Waals surface area (Å²) in [6.45, 7) is 5.43. The fourth-order valence-electron chi connectivity index (χ4n) is 2.64. The number of benzene rings is 2. The van der Waals surface area contributed by atoms with Crippen molar-refractivity contribution in [2.24, 2.45) is 0 Å². The van der Waals surface area contributed by atoms with Crippen molar-refractivity contribution in [3.8, 4) is 11.8 Å². The summed E-state index contributed by atoms with van der Waals surface area (Å²) in [5, 5.41) is 12.1. The van der Waals surface area contributed by atoms with Crippen LogP contribution in [0.15, 0.2) is 42.0 Å². The van der Waals surface area contributed by atoms with Crippen LogP contribution in [0.2, 0.25) is 0 Å². The molecule has 2 rings (SSSR count). The first-order valence-corrected chi connectivity index (χ1v) is 8.64. The molecule has 1 N–H and O–H groups in total. The number of anilines is 1. The Kier molecular flexibility index (Phi) is 6.94. The normalized spacial score (nSPS) is 10.8. The third-order valence-corrected chi connectivity index (χ3v) is 4.03. The van der Waals surface area contributed by atoms with Crippen LogP contribution in [0.4, 0.5) is 5.69 Å². The number of amides is 1. The number of nitrogens with one attached hydrogen (secondary N) is 1. The lowest BCUT2D eigenvalue weighted by Crippen LogP contribution is -2.14. The van der Waals surface area contributed by atoms with Gasteiger partial charge in [-0.05, 0) is 67.8 Å². The van der Waals surface area contributed by atoms with Gasteiger partial charge in [0.25, 0.3) is 5.91 Å². The van der Waals surface area contributed by atoms with Gasteiger partial charge >= 0.3 is 5.97 Å². The van der Waals surface area contributed by atoms with Gasteiger partial charge < -0.3 is 14.8 Å². The van der Waals surface area contributed by atoms with Crippen molar-refractivity contribution >= 4 is 23.6 Å². The second-order valence-electron chi connectivity index (χ2n) is 6.34. The maximum atomic E-state index is 12.4. The van der Waals surface area contributed by atoms with Gasteiger partial charge in [-0.15, -0.1) is 0 Å². The standard InChI is InChI=1S/C22H22N2O4/c1-14-5-7-19(8-6-14)24-22(26)18(12-23)11-17-9-15(2)21(16(3)10-17)28-13-20(25)27-4/h5-11H,13H2,1-4H3,(H,24,26). The van der Waals surface area contributed by atoms with Gasteiger partial charge in [0, 0.05) is 5.69 Å². The van der Waals surface area contributed by atoms with E-state index in [1.54, 1.807) is 24.3 Å². The van der Waals surface area contributed by atoms with Crippen molar-refractivity contribution in [3.63, 3.8) is 0 Å². The highest BCUT2D eigenvalue weighted by molar-refractivity contribution is 6.09. The summed E-state index contributed by atoms with van der Waals surface area (Å²) in [5.74, 6) is -0.375. The van der Waals surface area contributed by atoms with Crippen LogP contribution in [0.5, 0.6) is 5.75 Å². The maximum absolute atomic E-state index is 12.4. The van der Waals surface area contributed by atoms with E-state index in [4.69, 9.17) is 4.74 Å². The Labute approximate surface area is 164 Å². The molecule has 0 aromatic heterocycles. The van der Waals surface area contributed by atoms with Crippen LogP contribution in [-0.4, -0.2) is 25.6 Å². The smallest absolute Gasteiger partial charge is 0.343 e. The molecule has 0 radical (unpaired) electrons. The van der Waals surface area contributed by atoms with Gasteiger partial charge in [-0.2, -0.15) is 5.26 Å². The topological polar surface area (TPSA) is 88.4 Å². The Balaban J connectivity index is 2.21. The molecule has 0 saturated heterocycles. The number of rotatable bonds is 6. The van der Waals surface area contributed by atoms with E-state index < -0.39 is 11.9 Å². The molecule has 144 valence electrons. The van der Waals surface area contributed by atoms with Gasteiger partial charge in [0.15, 0.2) is 6.61 Å². The zero-order chi connectivity index (χ0) is 20.7. The van der Waals surface area contributed by atoms with E-state index in [1.807, 2.05) is 39.0 Å². The zero-order valence-corrected chi connectivity index (χ0v) is 16.3. The van der Waals surface area contributed by atoms with Crippen LogP contribution in [0.25, 0.3) is 6.08 Å². The van der Waals surface area contributed by atoms with Gasteiger partial charge in [-0.3, -0.25) is 4.79 Å². The highest BCUT2D eigenvalue weighted by Gasteiger charge is 2.12. The fraction of sp³-hybridized carbons (Fsp3) is 0.227. The lowest BCUT2D eigenvalue weighted by molar-refractivity contribution is -0.142. The Bertz CT molecular complexity index is 930. The summed E-state index contributed by atoms with van der Waals surface area (Å²) in [7, 11) is 1.30. The van der Waals surface area contributed by atoms with Crippen LogP contribution in [0.3, 0.4) is 0 Å². The molecule has 0 heterocycles. The molecule has 0 bridgehead atoms. The summed E-state index contributed by atoms with van der Waals surface area (Å²) < 4.78 is 10.1. The number of hydrogen-bond donors (Lipinski definition) is 1. The van der Waals surface area contributed by atoms with Gasteiger partial charge in [0.2, 0.25) is 0 Å². The second kappa shape index (κ2) is 9.38. The molecule has 6 heteroatoms. The molecule has 0 fully saturated rings. The minimum absolute atomic E-state index is 0.0115. The maximum Gasteiger partial charge on any atom is 0.343 e. The quantitative estimate of drug-likeness (QED) is 0.470. The number of nitriles is 1. The van der Waals surface area contributed by atoms with E-state index in [-0.39, 0.29) is 12.2 Å². The number of nitrogens with zero attached hydrogens (tertiary/aromatic N) is 1. The Morgan fingerprint density at radius 2 is 1.71 bits per heavy atom. The molecular formula is C22H22N2O4. The third-order valence-electron chi connectivity index (χ3n) is 4.03. The molecule has 0 aliphatic rings. The minimum atomic E-state index is -0.479. The molecule has 0 atom stereocenters. The highest BCUT2D eigenvalue weighted by Crippen LogP contribution is 2.26. The summed E-state index contributed by atoms with van der Waals surface area (Å²) in [6.07, 6.45) is 1.52. The predicted octanol–water partition coefficient (Wildman–Crippen LogP) is 3.71. The molecule has 0 aliphatic carbocycles. The van der Waals surface area contributed by atoms with Crippen LogP contribution in [-0.2, 0) is 14.3 Å². The third kappa shape index (κ3) is 5.45. The molecule has 0 spiro atoms. The van der Waals surface area contributed by atoms with Crippen molar-refractivity contribution in [1.29, 1.82) is 5.26 Å². The summed E-state index contributed by atoms with van der Waals surface area (Å²) in [4.78, 5) is 23.7. The summed E-state index contributed by atoms with van der Waals surface area (Å²) in [6, 6.07) is 12.8. The average Bonchev–Trinajstić information content (AvgIpc) is 2.66. The lowest BCUT2D eigenvalue weighted by Gasteiger charge is -2.12. The zero-order valence-electron chi connectivity index (χ0n) is 16.3. The second-order valence-corrected chi connectivity index (χ2v) is 6.34. The van der Waals surface area contributed by atoms with E-state index in [0.717, 1.165) is 16.7 Å². The van der Waals surface area contributed by atoms with Gasteiger partial charge in [-0.1, -0.05) is 17.7 Å². The number of hydrogen-bond acceptors (Lipinski definition) is 5. The Morgan fingerprint density at radius 1 is 1.11 bits per heavy atom. The van der Waals surface area contributed by atoms with Crippen molar-refractivity contribution < 1.29 is 19.1 Å². The lowest BCUT2D eigenvalue weighted by atomic mass is 10.0. The fourth-order valence-corrected chi connectivity index (χ4v) is 2.64. The van der Waals surface area contributed by atoms with Crippen LogP contribution in [0.1, 0.15) is 22.3 Å². The number of ether oxygens (including phenoxy) is 2. The van der Waals surface area contributed by atoms with Crippen LogP contribution >= 0.6 is 0 Å². The molecule has 2 aromatic carbocycles. The number of methoxy groups -OCH3 is 1. The molecule has 6 nitrogen and oxygen atoms in total. The summed E-state index contributed by atoms with van der Waals surface area (Å²) >= 11 is 0. The van der Waals surface area contributed by atoms with E-state index in [1.165, 1.54) is 13.2 Å². The predicted molar refractivity (Wildman–Crippen MR) is 107 cm³/mol. The molecule has 1 amide bonds. The van der Waals surface area contributed by atoms with Gasteiger partial charge in [0.1, 0.15) is 17.4 Å². The summed E-state index contributed by atoms with van der Waals surface area (Å²) in [5.41, 5.74) is 3.95. The van der Waals surface area contributed by atoms with Gasteiger partial charge in [0.05, 0.1) is 7.11 Å². The van der Waals surface area contributed by atoms with Gasteiger partial charge in [-0.25, -0.2) is 4.79 Å². The molecule has 0 unspecified atom stereocenters. The molecule has 2 aromatic rings. The Morgan fingerprint density at radius 3 is 2.25 bits per heavy atom.